The van der Waals surface area contributed by atoms with Crippen LogP contribution in [0.5, 0.6) is 0 Å². The quantitative estimate of drug-likeness (QED) is 0.755. The Bertz CT molecular complexity index is 403. The Balaban J connectivity index is 1.71. The van der Waals surface area contributed by atoms with E-state index in [1.807, 2.05) is 24.1 Å². The van der Waals surface area contributed by atoms with E-state index in [0.717, 1.165) is 44.7 Å². The minimum absolute atomic E-state index is 0.276. The summed E-state index contributed by atoms with van der Waals surface area (Å²) in [4.78, 5) is 14.0. The summed E-state index contributed by atoms with van der Waals surface area (Å²) in [7, 11) is 1.91. The van der Waals surface area contributed by atoms with E-state index in [2.05, 4.69) is 20.8 Å². The molecule has 1 aliphatic rings. The lowest BCUT2D eigenvalue weighted by molar-refractivity contribution is -0.132. The number of piperidine rings is 1. The molecule has 0 radical (unpaired) electrons. The number of anilines is 1. The molecule has 1 amide bonds. The largest absolute Gasteiger partial charge is 0.366 e. The van der Waals surface area contributed by atoms with Crippen LogP contribution in [-0.4, -0.2) is 53.7 Å². The van der Waals surface area contributed by atoms with Gasteiger partial charge in [-0.25, -0.2) is 0 Å². The molecule has 0 unspecified atom stereocenters. The monoisotopic (exact) mass is 277 g/mol. The maximum Gasteiger partial charge on any atom is 0.222 e. The van der Waals surface area contributed by atoms with Gasteiger partial charge in [-0.3, -0.25) is 4.79 Å². The first-order valence-electron chi connectivity index (χ1n) is 7.26. The van der Waals surface area contributed by atoms with Gasteiger partial charge in [0.15, 0.2) is 0 Å². The fourth-order valence-electron chi connectivity index (χ4n) is 2.44. The van der Waals surface area contributed by atoms with Gasteiger partial charge in [0, 0.05) is 31.7 Å². The SMILES string of the molecule is CNCCCC(=O)N1CCC(Nc2cccnn2)CC1. The third kappa shape index (κ3) is 4.45. The summed E-state index contributed by atoms with van der Waals surface area (Å²) >= 11 is 0. The topological polar surface area (TPSA) is 70.2 Å². The van der Waals surface area contributed by atoms with Gasteiger partial charge in [-0.2, -0.15) is 5.10 Å². The molecule has 1 aromatic rings. The summed E-state index contributed by atoms with van der Waals surface area (Å²) in [5.74, 6) is 1.09. The van der Waals surface area contributed by atoms with E-state index in [9.17, 15) is 4.79 Å². The zero-order valence-corrected chi connectivity index (χ0v) is 12.0. The fourth-order valence-corrected chi connectivity index (χ4v) is 2.44. The number of hydrogen-bond acceptors (Lipinski definition) is 5. The second-order valence-electron chi connectivity index (χ2n) is 5.12. The molecular weight excluding hydrogens is 254 g/mol. The first kappa shape index (κ1) is 14.7. The molecule has 110 valence electrons. The van der Waals surface area contributed by atoms with Crippen molar-refractivity contribution in [1.29, 1.82) is 0 Å². The van der Waals surface area contributed by atoms with Crippen LogP contribution in [0.4, 0.5) is 5.82 Å². The van der Waals surface area contributed by atoms with Gasteiger partial charge in [0.2, 0.25) is 5.91 Å². The van der Waals surface area contributed by atoms with Crippen molar-refractivity contribution in [2.24, 2.45) is 0 Å². The van der Waals surface area contributed by atoms with Crippen LogP contribution in [0.1, 0.15) is 25.7 Å². The van der Waals surface area contributed by atoms with Gasteiger partial charge in [-0.05, 0) is 45.0 Å². The molecule has 2 N–H and O–H groups in total. The van der Waals surface area contributed by atoms with Crippen molar-refractivity contribution in [2.45, 2.75) is 31.7 Å². The molecule has 0 atom stereocenters. The lowest BCUT2D eigenvalue weighted by atomic mass is 10.0. The second-order valence-corrected chi connectivity index (χ2v) is 5.12. The Kier molecular flexibility index (Phi) is 5.73. The summed E-state index contributed by atoms with van der Waals surface area (Å²) in [6.45, 7) is 2.56. The first-order chi connectivity index (χ1) is 9.79. The minimum Gasteiger partial charge on any atom is -0.366 e. The van der Waals surface area contributed by atoms with E-state index in [1.54, 1.807) is 6.20 Å². The van der Waals surface area contributed by atoms with Crippen molar-refractivity contribution in [3.8, 4) is 0 Å². The molecule has 20 heavy (non-hydrogen) atoms. The Morgan fingerprint density at radius 1 is 1.45 bits per heavy atom. The van der Waals surface area contributed by atoms with Gasteiger partial charge in [0.25, 0.3) is 0 Å². The number of nitrogens with one attached hydrogen (secondary N) is 2. The Labute approximate surface area is 120 Å². The molecule has 1 saturated heterocycles. The highest BCUT2D eigenvalue weighted by Crippen LogP contribution is 2.15. The van der Waals surface area contributed by atoms with Crippen molar-refractivity contribution in [3.05, 3.63) is 18.3 Å². The number of nitrogens with zero attached hydrogens (tertiary/aromatic N) is 3. The zero-order valence-electron chi connectivity index (χ0n) is 12.0. The number of rotatable bonds is 6. The van der Waals surface area contributed by atoms with Crippen molar-refractivity contribution < 1.29 is 4.79 Å². The van der Waals surface area contributed by atoms with E-state index in [-0.39, 0.29) is 5.91 Å². The van der Waals surface area contributed by atoms with E-state index in [4.69, 9.17) is 0 Å². The maximum absolute atomic E-state index is 12.0. The first-order valence-corrected chi connectivity index (χ1v) is 7.26. The Morgan fingerprint density at radius 2 is 2.25 bits per heavy atom. The van der Waals surface area contributed by atoms with Crippen LogP contribution in [0.3, 0.4) is 0 Å². The molecule has 6 heteroatoms. The number of likely N-dealkylation sites (tertiary alicyclic amines) is 1. The average molecular weight is 277 g/mol. The van der Waals surface area contributed by atoms with E-state index >= 15 is 0 Å². The maximum atomic E-state index is 12.0. The number of carbonyl (C=O) groups excluding carboxylic acids is 1. The zero-order chi connectivity index (χ0) is 14.2. The summed E-state index contributed by atoms with van der Waals surface area (Å²) in [5.41, 5.74) is 0. The van der Waals surface area contributed by atoms with Crippen LogP contribution >= 0.6 is 0 Å². The smallest absolute Gasteiger partial charge is 0.222 e. The molecule has 2 heterocycles. The second kappa shape index (κ2) is 7.79. The molecule has 2 rings (SSSR count). The summed E-state index contributed by atoms with van der Waals surface area (Å²) in [6.07, 6.45) is 5.15. The van der Waals surface area contributed by atoms with Gasteiger partial charge in [-0.15, -0.1) is 5.10 Å². The third-order valence-corrected chi connectivity index (χ3v) is 3.59. The molecule has 1 aromatic heterocycles. The van der Waals surface area contributed by atoms with Crippen LogP contribution in [0.25, 0.3) is 0 Å². The molecule has 1 aliphatic heterocycles. The van der Waals surface area contributed by atoms with Gasteiger partial charge in [0.05, 0.1) is 0 Å². The number of hydrogen-bond donors (Lipinski definition) is 2. The Morgan fingerprint density at radius 3 is 2.90 bits per heavy atom. The van der Waals surface area contributed by atoms with Gasteiger partial charge in [0.1, 0.15) is 5.82 Å². The van der Waals surface area contributed by atoms with E-state index in [0.29, 0.717) is 12.5 Å². The third-order valence-electron chi connectivity index (χ3n) is 3.59. The molecule has 0 aromatic carbocycles. The standard InChI is InChI=1S/C14H23N5O/c1-15-8-3-5-14(20)19-10-6-12(7-11-19)17-13-4-2-9-16-18-13/h2,4,9,12,15H,3,5-8,10-11H2,1H3,(H,17,18). The van der Waals surface area contributed by atoms with Gasteiger partial charge >= 0.3 is 0 Å². The highest BCUT2D eigenvalue weighted by Gasteiger charge is 2.22. The predicted octanol–water partition coefficient (Wildman–Crippen LogP) is 0.879. The molecular formula is C14H23N5O. The van der Waals surface area contributed by atoms with Gasteiger partial charge in [-0.1, -0.05) is 0 Å². The van der Waals surface area contributed by atoms with Crippen molar-refractivity contribution >= 4 is 11.7 Å². The highest BCUT2D eigenvalue weighted by atomic mass is 16.2. The lowest BCUT2D eigenvalue weighted by Gasteiger charge is -2.32. The van der Waals surface area contributed by atoms with Crippen molar-refractivity contribution in [3.63, 3.8) is 0 Å². The summed E-state index contributed by atoms with van der Waals surface area (Å²) < 4.78 is 0. The molecule has 0 aliphatic carbocycles. The molecule has 0 spiro atoms. The number of carbonyl (C=O) groups is 1. The fraction of sp³-hybridized carbons (Fsp3) is 0.643. The van der Waals surface area contributed by atoms with Crippen molar-refractivity contribution in [1.82, 2.24) is 20.4 Å². The molecule has 0 bridgehead atoms. The van der Waals surface area contributed by atoms with E-state index in [1.165, 1.54) is 0 Å². The predicted molar refractivity (Wildman–Crippen MR) is 78.4 cm³/mol. The molecule has 0 saturated carbocycles. The van der Waals surface area contributed by atoms with E-state index < -0.39 is 0 Å². The van der Waals surface area contributed by atoms with Gasteiger partial charge < -0.3 is 15.5 Å². The van der Waals surface area contributed by atoms with Crippen molar-refractivity contribution in [2.75, 3.05) is 32.0 Å². The van der Waals surface area contributed by atoms with Crippen LogP contribution < -0.4 is 10.6 Å². The normalized spacial score (nSPS) is 16.1. The average Bonchev–Trinajstić information content (AvgIpc) is 2.49. The van der Waals surface area contributed by atoms with Crippen LogP contribution in [-0.2, 0) is 4.79 Å². The molecule has 6 nitrogen and oxygen atoms in total. The molecule has 1 fully saturated rings. The minimum atomic E-state index is 0.276. The highest BCUT2D eigenvalue weighted by molar-refractivity contribution is 5.76. The number of aromatic nitrogens is 2. The summed E-state index contributed by atoms with van der Waals surface area (Å²) in [5, 5.41) is 14.3. The number of amides is 1. The lowest BCUT2D eigenvalue weighted by Crippen LogP contribution is -2.42. The summed E-state index contributed by atoms with van der Waals surface area (Å²) in [6, 6.07) is 4.17. The van der Waals surface area contributed by atoms with Crippen LogP contribution in [0, 0.1) is 0 Å². The van der Waals surface area contributed by atoms with Crippen LogP contribution in [0.2, 0.25) is 0 Å². The van der Waals surface area contributed by atoms with Crippen LogP contribution in [0.15, 0.2) is 18.3 Å². The Hall–Kier alpha value is -1.69.